The lowest BCUT2D eigenvalue weighted by Crippen LogP contribution is -2.15. The smallest absolute Gasteiger partial charge is 0.418 e. The lowest BCUT2D eigenvalue weighted by atomic mass is 10.2. The number of unbranched alkanes of at least 4 members (excludes halogenated alkanes) is 1. The van der Waals surface area contributed by atoms with Gasteiger partial charge in [-0.15, -0.1) is 0 Å². The van der Waals surface area contributed by atoms with Crippen molar-refractivity contribution in [3.05, 3.63) is 34.4 Å². The summed E-state index contributed by atoms with van der Waals surface area (Å²) in [5.41, 5.74) is 1.75. The van der Waals surface area contributed by atoms with Crippen LogP contribution in [0.25, 0.3) is 10.9 Å². The molecule has 0 bridgehead atoms. The Hall–Kier alpha value is -1.29. The summed E-state index contributed by atoms with van der Waals surface area (Å²) in [4.78, 5) is 12.1. The summed E-state index contributed by atoms with van der Waals surface area (Å²) >= 11 is 3.52. The number of ether oxygens (including phenoxy) is 1. The summed E-state index contributed by atoms with van der Waals surface area (Å²) in [5, 5.41) is 1.03. The maximum atomic E-state index is 12.1. The number of halogens is 1. The minimum Gasteiger partial charge on any atom is -0.449 e. The van der Waals surface area contributed by atoms with Crippen molar-refractivity contribution in [2.24, 2.45) is 0 Å². The van der Waals surface area contributed by atoms with E-state index >= 15 is 0 Å². The fourth-order valence-corrected chi connectivity index (χ4v) is 2.44. The van der Waals surface area contributed by atoms with Gasteiger partial charge in [-0.2, -0.15) is 0 Å². The zero-order valence-electron chi connectivity index (χ0n) is 10.6. The first-order valence-corrected chi connectivity index (χ1v) is 6.88. The second-order valence-corrected chi connectivity index (χ2v) is 5.01. The average molecular weight is 310 g/mol. The molecule has 2 aromatic rings. The maximum absolute atomic E-state index is 12.1. The number of rotatable bonds is 3. The topological polar surface area (TPSA) is 31.2 Å². The molecule has 0 fully saturated rings. The highest BCUT2D eigenvalue weighted by atomic mass is 79.9. The van der Waals surface area contributed by atoms with E-state index < -0.39 is 0 Å². The normalized spacial score (nSPS) is 10.8. The van der Waals surface area contributed by atoms with Gasteiger partial charge in [0.25, 0.3) is 0 Å². The number of carbonyl (C=O) groups is 1. The molecule has 0 amide bonds. The van der Waals surface area contributed by atoms with Gasteiger partial charge in [-0.05, 0) is 35.3 Å². The standard InChI is InChI=1S/C14H16BrNO2/c1-3-4-9-18-14(17)16-10(2)13(15)11-7-5-6-8-12(11)16/h5-8H,3-4,9H2,1-2H3. The molecular formula is C14H16BrNO2. The molecule has 0 aliphatic carbocycles. The van der Waals surface area contributed by atoms with Gasteiger partial charge in [0.2, 0.25) is 0 Å². The predicted molar refractivity (Wildman–Crippen MR) is 76.0 cm³/mol. The number of nitrogens with zero attached hydrogens (tertiary/aromatic N) is 1. The van der Waals surface area contributed by atoms with Gasteiger partial charge in [0.1, 0.15) is 0 Å². The van der Waals surface area contributed by atoms with Crippen molar-refractivity contribution in [2.45, 2.75) is 26.7 Å². The Morgan fingerprint density at radius 1 is 1.39 bits per heavy atom. The van der Waals surface area contributed by atoms with Crippen LogP contribution in [0.3, 0.4) is 0 Å². The van der Waals surface area contributed by atoms with Crippen LogP contribution < -0.4 is 0 Å². The van der Waals surface area contributed by atoms with Gasteiger partial charge in [0.15, 0.2) is 0 Å². The number of para-hydroxylation sites is 1. The van der Waals surface area contributed by atoms with Crippen LogP contribution in [0.5, 0.6) is 0 Å². The number of aromatic nitrogens is 1. The quantitative estimate of drug-likeness (QED) is 0.782. The lowest BCUT2D eigenvalue weighted by molar-refractivity contribution is 0.147. The van der Waals surface area contributed by atoms with Crippen molar-refractivity contribution in [2.75, 3.05) is 6.61 Å². The highest BCUT2D eigenvalue weighted by molar-refractivity contribution is 9.10. The molecule has 0 saturated heterocycles. The first-order chi connectivity index (χ1) is 8.66. The Kier molecular flexibility index (Phi) is 4.07. The third-order valence-corrected chi connectivity index (χ3v) is 3.94. The molecule has 0 spiro atoms. The summed E-state index contributed by atoms with van der Waals surface area (Å²) in [6.45, 7) is 4.45. The van der Waals surface area contributed by atoms with E-state index in [4.69, 9.17) is 4.74 Å². The predicted octanol–water partition coefficient (Wildman–Crippen LogP) is 4.50. The molecular weight excluding hydrogens is 294 g/mol. The molecule has 96 valence electrons. The molecule has 4 heteroatoms. The van der Waals surface area contributed by atoms with Crippen LogP contribution in [-0.4, -0.2) is 17.3 Å². The molecule has 0 unspecified atom stereocenters. The van der Waals surface area contributed by atoms with Crippen molar-refractivity contribution in [3.8, 4) is 0 Å². The first kappa shape index (κ1) is 13.1. The van der Waals surface area contributed by atoms with Gasteiger partial charge < -0.3 is 4.74 Å². The fraction of sp³-hybridized carbons (Fsp3) is 0.357. The van der Waals surface area contributed by atoms with Gasteiger partial charge in [0.05, 0.1) is 12.1 Å². The molecule has 0 atom stereocenters. The number of hydrogen-bond donors (Lipinski definition) is 0. The summed E-state index contributed by atoms with van der Waals surface area (Å²) in [6.07, 6.45) is 1.61. The second-order valence-electron chi connectivity index (χ2n) is 4.22. The van der Waals surface area contributed by atoms with Gasteiger partial charge >= 0.3 is 6.09 Å². The lowest BCUT2D eigenvalue weighted by Gasteiger charge is -2.07. The summed E-state index contributed by atoms with van der Waals surface area (Å²) in [7, 11) is 0. The molecule has 1 aromatic heterocycles. The molecule has 1 heterocycles. The van der Waals surface area contributed by atoms with Gasteiger partial charge in [0, 0.05) is 15.6 Å². The van der Waals surface area contributed by atoms with E-state index in [-0.39, 0.29) is 6.09 Å². The summed E-state index contributed by atoms with van der Waals surface area (Å²) < 4.78 is 7.84. The highest BCUT2D eigenvalue weighted by Crippen LogP contribution is 2.30. The summed E-state index contributed by atoms with van der Waals surface area (Å²) in [6, 6.07) is 7.79. The molecule has 0 N–H and O–H groups in total. The monoisotopic (exact) mass is 309 g/mol. The van der Waals surface area contributed by atoms with E-state index in [2.05, 4.69) is 22.9 Å². The van der Waals surface area contributed by atoms with E-state index in [1.165, 1.54) is 0 Å². The maximum Gasteiger partial charge on any atom is 0.418 e. The minimum absolute atomic E-state index is 0.303. The fourth-order valence-electron chi connectivity index (χ4n) is 1.93. The summed E-state index contributed by atoms with van der Waals surface area (Å²) in [5.74, 6) is 0. The van der Waals surface area contributed by atoms with Crippen molar-refractivity contribution >= 4 is 32.9 Å². The zero-order chi connectivity index (χ0) is 13.1. The van der Waals surface area contributed by atoms with Crippen LogP contribution in [0.2, 0.25) is 0 Å². The highest BCUT2D eigenvalue weighted by Gasteiger charge is 2.17. The SMILES string of the molecule is CCCCOC(=O)n1c(C)c(Br)c2ccccc21. The Morgan fingerprint density at radius 2 is 2.11 bits per heavy atom. The van der Waals surface area contributed by atoms with Crippen LogP contribution >= 0.6 is 15.9 Å². The number of benzene rings is 1. The minimum atomic E-state index is -0.303. The third-order valence-electron chi connectivity index (χ3n) is 2.94. The zero-order valence-corrected chi connectivity index (χ0v) is 12.2. The molecule has 0 saturated carbocycles. The van der Waals surface area contributed by atoms with E-state index in [0.29, 0.717) is 6.61 Å². The van der Waals surface area contributed by atoms with Crippen LogP contribution in [0.4, 0.5) is 4.79 Å². The van der Waals surface area contributed by atoms with E-state index in [1.807, 2.05) is 31.2 Å². The Morgan fingerprint density at radius 3 is 2.83 bits per heavy atom. The van der Waals surface area contributed by atoms with Crippen LogP contribution in [0.1, 0.15) is 25.5 Å². The number of fused-ring (bicyclic) bond motifs is 1. The Balaban J connectivity index is 2.38. The second kappa shape index (κ2) is 5.57. The van der Waals surface area contributed by atoms with Crippen molar-refractivity contribution in [1.82, 2.24) is 4.57 Å². The average Bonchev–Trinajstić information content (AvgIpc) is 2.63. The molecule has 3 nitrogen and oxygen atoms in total. The Bertz CT molecular complexity index is 574. The van der Waals surface area contributed by atoms with Gasteiger partial charge in [-0.25, -0.2) is 9.36 Å². The molecule has 1 aromatic carbocycles. The molecule has 0 aliphatic rings. The van der Waals surface area contributed by atoms with Crippen LogP contribution in [0.15, 0.2) is 28.7 Å². The molecule has 18 heavy (non-hydrogen) atoms. The van der Waals surface area contributed by atoms with Crippen LogP contribution in [0, 0.1) is 6.92 Å². The molecule has 0 aliphatic heterocycles. The van der Waals surface area contributed by atoms with Crippen molar-refractivity contribution < 1.29 is 9.53 Å². The van der Waals surface area contributed by atoms with Crippen molar-refractivity contribution in [1.29, 1.82) is 0 Å². The van der Waals surface area contributed by atoms with Crippen LogP contribution in [-0.2, 0) is 4.74 Å². The van der Waals surface area contributed by atoms with Gasteiger partial charge in [-0.1, -0.05) is 31.5 Å². The molecule has 2 rings (SSSR count). The Labute approximate surface area is 115 Å². The number of carbonyl (C=O) groups excluding carboxylic acids is 1. The largest absolute Gasteiger partial charge is 0.449 e. The third kappa shape index (κ3) is 2.29. The first-order valence-electron chi connectivity index (χ1n) is 6.09. The van der Waals surface area contributed by atoms with Gasteiger partial charge in [-0.3, -0.25) is 0 Å². The van der Waals surface area contributed by atoms with E-state index in [0.717, 1.165) is 33.9 Å². The van der Waals surface area contributed by atoms with E-state index in [9.17, 15) is 4.79 Å². The molecule has 0 radical (unpaired) electrons. The van der Waals surface area contributed by atoms with E-state index in [1.54, 1.807) is 4.57 Å². The number of hydrogen-bond acceptors (Lipinski definition) is 2. The van der Waals surface area contributed by atoms with Crippen molar-refractivity contribution in [3.63, 3.8) is 0 Å².